The summed E-state index contributed by atoms with van der Waals surface area (Å²) in [5.74, 6) is 1.04. The number of aromatic nitrogens is 2. The Kier molecular flexibility index (Phi) is 4.49. The molecule has 3 rings (SSSR count). The molecule has 0 unspecified atom stereocenters. The Balaban J connectivity index is 1.49. The molecule has 1 fully saturated rings. The average Bonchev–Trinajstić information content (AvgIpc) is 3.10. The number of aryl methyl sites for hydroxylation is 1. The molecule has 0 atom stereocenters. The molecule has 7 heteroatoms. The van der Waals surface area contributed by atoms with Crippen molar-refractivity contribution in [1.29, 1.82) is 0 Å². The first kappa shape index (κ1) is 15.1. The van der Waals surface area contributed by atoms with Crippen LogP contribution in [-0.2, 0) is 17.9 Å². The number of amides is 1. The number of piperazine rings is 1. The summed E-state index contributed by atoms with van der Waals surface area (Å²) in [6, 6.07) is 3.87. The number of carbonyl (C=O) groups excluding carboxylic acids is 1. The van der Waals surface area contributed by atoms with Gasteiger partial charge in [-0.3, -0.25) is 14.4 Å². The molecule has 0 bridgehead atoms. The molecular weight excluding hydrogens is 304 g/mol. The molecule has 1 aliphatic heterocycles. The summed E-state index contributed by atoms with van der Waals surface area (Å²) in [5.41, 5.74) is 0.748. The van der Waals surface area contributed by atoms with Crippen LogP contribution in [0.15, 0.2) is 29.0 Å². The van der Waals surface area contributed by atoms with E-state index >= 15 is 0 Å². The lowest BCUT2D eigenvalue weighted by atomic mass is 10.3. The highest BCUT2D eigenvalue weighted by molar-refractivity contribution is 6.31. The Bertz CT molecular complexity index is 611. The van der Waals surface area contributed by atoms with Crippen LogP contribution in [0, 0.1) is 6.92 Å². The highest BCUT2D eigenvalue weighted by Gasteiger charge is 2.22. The lowest BCUT2D eigenvalue weighted by Gasteiger charge is -2.34. The third-order valence-electron chi connectivity index (χ3n) is 3.87. The zero-order chi connectivity index (χ0) is 15.5. The molecule has 1 amide bonds. The minimum Gasteiger partial charge on any atom is -0.468 e. The molecule has 0 radical (unpaired) electrons. The van der Waals surface area contributed by atoms with Gasteiger partial charge in [0.15, 0.2) is 0 Å². The van der Waals surface area contributed by atoms with Crippen LogP contribution in [0.5, 0.6) is 0 Å². The maximum Gasteiger partial charge on any atom is 0.244 e. The van der Waals surface area contributed by atoms with Crippen LogP contribution in [0.1, 0.15) is 11.5 Å². The number of rotatable bonds is 4. The van der Waals surface area contributed by atoms with Crippen molar-refractivity contribution in [3.63, 3.8) is 0 Å². The average molecular weight is 323 g/mol. The third-order valence-corrected chi connectivity index (χ3v) is 4.24. The van der Waals surface area contributed by atoms with Crippen molar-refractivity contribution in [3.05, 3.63) is 41.1 Å². The van der Waals surface area contributed by atoms with Gasteiger partial charge < -0.3 is 9.32 Å². The molecular formula is C15H19ClN4O2. The Hall–Kier alpha value is -1.79. The SMILES string of the molecule is Cc1nn(CC(=O)N2CCN(Cc3ccco3)CC2)cc1Cl. The molecule has 1 saturated heterocycles. The maximum absolute atomic E-state index is 12.3. The van der Waals surface area contributed by atoms with Gasteiger partial charge in [-0.2, -0.15) is 5.10 Å². The first-order valence-electron chi connectivity index (χ1n) is 7.34. The fourth-order valence-electron chi connectivity index (χ4n) is 2.59. The second-order valence-corrected chi connectivity index (χ2v) is 5.90. The van der Waals surface area contributed by atoms with E-state index < -0.39 is 0 Å². The summed E-state index contributed by atoms with van der Waals surface area (Å²) in [6.07, 6.45) is 3.38. The lowest BCUT2D eigenvalue weighted by Crippen LogP contribution is -2.49. The normalized spacial score (nSPS) is 16.2. The zero-order valence-electron chi connectivity index (χ0n) is 12.5. The predicted octanol–water partition coefficient (Wildman–Crippen LogP) is 1.78. The van der Waals surface area contributed by atoms with Crippen LogP contribution in [0.4, 0.5) is 0 Å². The van der Waals surface area contributed by atoms with Gasteiger partial charge in [-0.15, -0.1) is 0 Å². The number of nitrogens with zero attached hydrogens (tertiary/aromatic N) is 4. The smallest absolute Gasteiger partial charge is 0.244 e. The van der Waals surface area contributed by atoms with Crippen LogP contribution in [0.2, 0.25) is 5.02 Å². The first-order valence-corrected chi connectivity index (χ1v) is 7.71. The van der Waals surface area contributed by atoms with E-state index in [4.69, 9.17) is 16.0 Å². The molecule has 0 aliphatic carbocycles. The number of halogens is 1. The van der Waals surface area contributed by atoms with Gasteiger partial charge in [0.2, 0.25) is 5.91 Å². The van der Waals surface area contributed by atoms with Crippen LogP contribution >= 0.6 is 11.6 Å². The van der Waals surface area contributed by atoms with Crippen molar-refractivity contribution in [1.82, 2.24) is 19.6 Å². The van der Waals surface area contributed by atoms with E-state index in [9.17, 15) is 4.79 Å². The molecule has 6 nitrogen and oxygen atoms in total. The van der Waals surface area contributed by atoms with E-state index in [2.05, 4.69) is 10.00 Å². The fraction of sp³-hybridized carbons (Fsp3) is 0.467. The van der Waals surface area contributed by atoms with Gasteiger partial charge in [-0.05, 0) is 19.1 Å². The Labute approximate surface area is 134 Å². The molecule has 2 aromatic heterocycles. The van der Waals surface area contributed by atoms with Crippen LogP contribution < -0.4 is 0 Å². The van der Waals surface area contributed by atoms with Crippen molar-refractivity contribution >= 4 is 17.5 Å². The van der Waals surface area contributed by atoms with Gasteiger partial charge in [0, 0.05) is 32.4 Å². The predicted molar refractivity (Wildman–Crippen MR) is 82.5 cm³/mol. The van der Waals surface area contributed by atoms with Crippen LogP contribution in [0.3, 0.4) is 0 Å². The summed E-state index contributed by atoms with van der Waals surface area (Å²) < 4.78 is 6.96. The quantitative estimate of drug-likeness (QED) is 0.861. The van der Waals surface area contributed by atoms with Gasteiger partial charge in [0.25, 0.3) is 0 Å². The van der Waals surface area contributed by atoms with Gasteiger partial charge in [-0.25, -0.2) is 0 Å². The largest absolute Gasteiger partial charge is 0.468 e. The van der Waals surface area contributed by atoms with Crippen LogP contribution in [-0.4, -0.2) is 51.7 Å². The fourth-order valence-corrected chi connectivity index (χ4v) is 2.74. The van der Waals surface area contributed by atoms with Crippen molar-refractivity contribution < 1.29 is 9.21 Å². The van der Waals surface area contributed by atoms with Crippen LogP contribution in [0.25, 0.3) is 0 Å². The summed E-state index contributed by atoms with van der Waals surface area (Å²) in [6.45, 7) is 6.03. The van der Waals surface area contributed by atoms with E-state index in [1.165, 1.54) is 0 Å². The van der Waals surface area contributed by atoms with Gasteiger partial charge in [0.1, 0.15) is 12.3 Å². The summed E-state index contributed by atoms with van der Waals surface area (Å²) in [7, 11) is 0. The molecule has 118 valence electrons. The van der Waals surface area contributed by atoms with Gasteiger partial charge >= 0.3 is 0 Å². The number of hydrogen-bond donors (Lipinski definition) is 0. The van der Waals surface area contributed by atoms with E-state index in [-0.39, 0.29) is 12.5 Å². The van der Waals surface area contributed by atoms with Gasteiger partial charge in [0.05, 0.1) is 23.5 Å². The van der Waals surface area contributed by atoms with E-state index in [0.29, 0.717) is 5.02 Å². The minimum absolute atomic E-state index is 0.0804. The van der Waals surface area contributed by atoms with Crippen molar-refractivity contribution in [3.8, 4) is 0 Å². The monoisotopic (exact) mass is 322 g/mol. The lowest BCUT2D eigenvalue weighted by molar-refractivity contribution is -0.133. The van der Waals surface area contributed by atoms with Crippen molar-refractivity contribution in [2.75, 3.05) is 26.2 Å². The van der Waals surface area contributed by atoms with Gasteiger partial charge in [-0.1, -0.05) is 11.6 Å². The van der Waals surface area contributed by atoms with Crippen molar-refractivity contribution in [2.45, 2.75) is 20.0 Å². The summed E-state index contributed by atoms with van der Waals surface area (Å²) in [4.78, 5) is 16.5. The maximum atomic E-state index is 12.3. The first-order chi connectivity index (χ1) is 10.6. The highest BCUT2D eigenvalue weighted by atomic mass is 35.5. The van der Waals surface area contributed by atoms with E-state index in [0.717, 1.165) is 44.2 Å². The molecule has 0 saturated carbocycles. The number of furan rings is 1. The topological polar surface area (TPSA) is 54.5 Å². The van der Waals surface area contributed by atoms with Crippen molar-refractivity contribution in [2.24, 2.45) is 0 Å². The molecule has 0 N–H and O–H groups in total. The summed E-state index contributed by atoms with van der Waals surface area (Å²) >= 11 is 5.96. The zero-order valence-corrected chi connectivity index (χ0v) is 13.3. The third kappa shape index (κ3) is 3.51. The molecule has 1 aliphatic rings. The van der Waals surface area contributed by atoms with E-state index in [1.54, 1.807) is 17.1 Å². The summed E-state index contributed by atoms with van der Waals surface area (Å²) in [5, 5.41) is 4.82. The minimum atomic E-state index is 0.0804. The molecule has 22 heavy (non-hydrogen) atoms. The Morgan fingerprint density at radius 3 is 2.73 bits per heavy atom. The molecule has 2 aromatic rings. The second kappa shape index (κ2) is 6.54. The Morgan fingerprint density at radius 1 is 1.36 bits per heavy atom. The second-order valence-electron chi connectivity index (χ2n) is 5.50. The van der Waals surface area contributed by atoms with E-state index in [1.807, 2.05) is 24.0 Å². The Morgan fingerprint density at radius 2 is 2.14 bits per heavy atom. The standard InChI is InChI=1S/C15H19ClN4O2/c1-12-14(16)10-20(17-12)11-15(21)19-6-4-18(5-7-19)9-13-3-2-8-22-13/h2-3,8,10H,4-7,9,11H2,1H3. The highest BCUT2D eigenvalue weighted by Crippen LogP contribution is 2.13. The molecule has 0 spiro atoms. The molecule has 0 aromatic carbocycles. The molecule has 3 heterocycles. The number of hydrogen-bond acceptors (Lipinski definition) is 4. The number of carbonyl (C=O) groups is 1.